The predicted molar refractivity (Wildman–Crippen MR) is 77.6 cm³/mol. The van der Waals surface area contributed by atoms with Crippen molar-refractivity contribution in [2.24, 2.45) is 0 Å². The number of nitrogens with one attached hydrogen (secondary N) is 2. The van der Waals surface area contributed by atoms with Gasteiger partial charge in [0.15, 0.2) is 0 Å². The lowest BCUT2D eigenvalue weighted by Crippen LogP contribution is -2.15. The fourth-order valence-electron chi connectivity index (χ4n) is 2.47. The maximum Gasteiger partial charge on any atom is 0.229 e. The van der Waals surface area contributed by atoms with Crippen molar-refractivity contribution >= 4 is 17.5 Å². The minimum absolute atomic E-state index is 0.282. The van der Waals surface area contributed by atoms with Crippen molar-refractivity contribution in [3.63, 3.8) is 0 Å². The maximum atomic E-state index is 13.1. The van der Waals surface area contributed by atoms with Gasteiger partial charge in [-0.3, -0.25) is 0 Å². The first kappa shape index (κ1) is 12.8. The Balaban J connectivity index is 1.70. The lowest BCUT2D eigenvalue weighted by molar-refractivity contribution is 0.628. The van der Waals surface area contributed by atoms with E-state index in [0.29, 0.717) is 17.7 Å². The molecule has 5 heteroatoms. The SMILES string of the molecule is Fc1cccc(Nc2nccc(NC3CCCC3)n2)c1. The normalized spacial score (nSPS) is 15.2. The number of hydrogen-bond donors (Lipinski definition) is 2. The number of rotatable bonds is 4. The van der Waals surface area contributed by atoms with E-state index in [1.807, 2.05) is 6.07 Å². The number of hydrogen-bond acceptors (Lipinski definition) is 4. The van der Waals surface area contributed by atoms with Crippen molar-refractivity contribution < 1.29 is 4.39 Å². The Morgan fingerprint density at radius 3 is 2.80 bits per heavy atom. The summed E-state index contributed by atoms with van der Waals surface area (Å²) >= 11 is 0. The van der Waals surface area contributed by atoms with E-state index < -0.39 is 0 Å². The molecule has 2 N–H and O–H groups in total. The molecule has 4 nitrogen and oxygen atoms in total. The largest absolute Gasteiger partial charge is 0.367 e. The lowest BCUT2D eigenvalue weighted by Gasteiger charge is -2.13. The zero-order chi connectivity index (χ0) is 13.8. The first-order valence-electron chi connectivity index (χ1n) is 6.92. The molecule has 0 saturated heterocycles. The second-order valence-corrected chi connectivity index (χ2v) is 5.03. The van der Waals surface area contributed by atoms with E-state index >= 15 is 0 Å². The summed E-state index contributed by atoms with van der Waals surface area (Å²) in [5, 5.41) is 6.42. The summed E-state index contributed by atoms with van der Waals surface area (Å²) < 4.78 is 13.1. The van der Waals surface area contributed by atoms with Crippen molar-refractivity contribution in [1.82, 2.24) is 9.97 Å². The van der Waals surface area contributed by atoms with Crippen molar-refractivity contribution in [3.8, 4) is 0 Å². The molecule has 3 rings (SSSR count). The van der Waals surface area contributed by atoms with Gasteiger partial charge in [0.1, 0.15) is 11.6 Å². The van der Waals surface area contributed by atoms with Crippen LogP contribution in [-0.2, 0) is 0 Å². The van der Waals surface area contributed by atoms with Gasteiger partial charge in [-0.1, -0.05) is 18.9 Å². The molecule has 0 amide bonds. The van der Waals surface area contributed by atoms with Gasteiger partial charge >= 0.3 is 0 Å². The van der Waals surface area contributed by atoms with Crippen LogP contribution in [0.1, 0.15) is 25.7 Å². The Morgan fingerprint density at radius 1 is 1.15 bits per heavy atom. The van der Waals surface area contributed by atoms with E-state index in [9.17, 15) is 4.39 Å². The third-order valence-electron chi connectivity index (χ3n) is 3.44. The number of halogens is 1. The molecule has 1 aromatic carbocycles. The Bertz CT molecular complexity index is 582. The van der Waals surface area contributed by atoms with E-state index in [1.54, 1.807) is 18.3 Å². The summed E-state index contributed by atoms with van der Waals surface area (Å²) in [6.07, 6.45) is 6.63. The van der Waals surface area contributed by atoms with Gasteiger partial charge < -0.3 is 10.6 Å². The first-order valence-corrected chi connectivity index (χ1v) is 6.92. The van der Waals surface area contributed by atoms with Crippen LogP contribution in [0.3, 0.4) is 0 Å². The van der Waals surface area contributed by atoms with Crippen LogP contribution >= 0.6 is 0 Å². The highest BCUT2D eigenvalue weighted by molar-refractivity contribution is 5.54. The molecule has 0 atom stereocenters. The molecular formula is C15H17FN4. The number of benzene rings is 1. The molecule has 0 spiro atoms. The molecular weight excluding hydrogens is 255 g/mol. The van der Waals surface area contributed by atoms with Crippen LogP contribution < -0.4 is 10.6 Å². The first-order chi connectivity index (χ1) is 9.79. The Labute approximate surface area is 117 Å². The fraction of sp³-hybridized carbons (Fsp3) is 0.333. The molecule has 0 aliphatic heterocycles. The van der Waals surface area contributed by atoms with Gasteiger partial charge in [-0.15, -0.1) is 0 Å². The van der Waals surface area contributed by atoms with E-state index in [1.165, 1.54) is 37.8 Å². The molecule has 1 aliphatic rings. The quantitative estimate of drug-likeness (QED) is 0.890. The van der Waals surface area contributed by atoms with Crippen molar-refractivity contribution in [3.05, 3.63) is 42.3 Å². The predicted octanol–water partition coefficient (Wildman–Crippen LogP) is 3.71. The van der Waals surface area contributed by atoms with Crippen molar-refractivity contribution in [2.45, 2.75) is 31.7 Å². The average Bonchev–Trinajstić information content (AvgIpc) is 2.92. The molecule has 1 aliphatic carbocycles. The van der Waals surface area contributed by atoms with Crippen molar-refractivity contribution in [2.75, 3.05) is 10.6 Å². The topological polar surface area (TPSA) is 49.8 Å². The van der Waals surface area contributed by atoms with Crippen LogP contribution in [0.4, 0.5) is 21.8 Å². The lowest BCUT2D eigenvalue weighted by atomic mass is 10.2. The molecule has 0 radical (unpaired) electrons. The highest BCUT2D eigenvalue weighted by Crippen LogP contribution is 2.22. The smallest absolute Gasteiger partial charge is 0.229 e. The maximum absolute atomic E-state index is 13.1. The summed E-state index contributed by atoms with van der Waals surface area (Å²) in [5.41, 5.74) is 0.642. The summed E-state index contributed by atoms with van der Waals surface area (Å²) in [6.45, 7) is 0. The van der Waals surface area contributed by atoms with E-state index in [-0.39, 0.29) is 5.82 Å². The molecule has 1 fully saturated rings. The zero-order valence-corrected chi connectivity index (χ0v) is 11.1. The van der Waals surface area contributed by atoms with E-state index in [0.717, 1.165) is 5.82 Å². The van der Waals surface area contributed by atoms with Crippen LogP contribution in [-0.4, -0.2) is 16.0 Å². The molecule has 1 aromatic heterocycles. The van der Waals surface area contributed by atoms with E-state index in [4.69, 9.17) is 0 Å². The van der Waals surface area contributed by atoms with Crippen LogP contribution in [0.25, 0.3) is 0 Å². The fourth-order valence-corrected chi connectivity index (χ4v) is 2.47. The molecule has 1 saturated carbocycles. The van der Waals surface area contributed by atoms with E-state index in [2.05, 4.69) is 20.6 Å². The minimum atomic E-state index is -0.282. The van der Waals surface area contributed by atoms with Gasteiger partial charge in [-0.25, -0.2) is 9.37 Å². The van der Waals surface area contributed by atoms with Gasteiger partial charge in [0, 0.05) is 17.9 Å². The van der Waals surface area contributed by atoms with Gasteiger partial charge in [0.2, 0.25) is 5.95 Å². The molecule has 0 unspecified atom stereocenters. The highest BCUT2D eigenvalue weighted by atomic mass is 19.1. The van der Waals surface area contributed by atoms with Crippen molar-refractivity contribution in [1.29, 1.82) is 0 Å². The highest BCUT2D eigenvalue weighted by Gasteiger charge is 2.15. The van der Waals surface area contributed by atoms with Gasteiger partial charge in [-0.2, -0.15) is 4.98 Å². The van der Waals surface area contributed by atoms with Gasteiger partial charge in [0.25, 0.3) is 0 Å². The van der Waals surface area contributed by atoms with Crippen LogP contribution in [0, 0.1) is 5.82 Å². The second-order valence-electron chi connectivity index (χ2n) is 5.03. The summed E-state index contributed by atoms with van der Waals surface area (Å²) in [6, 6.07) is 8.62. The molecule has 104 valence electrons. The minimum Gasteiger partial charge on any atom is -0.367 e. The standard InChI is InChI=1S/C15H17FN4/c16-11-4-3-7-13(10-11)19-15-17-9-8-14(20-15)18-12-5-1-2-6-12/h3-4,7-10,12H,1-2,5-6H2,(H2,17,18,19,20). The number of nitrogens with zero attached hydrogens (tertiary/aromatic N) is 2. The Hall–Kier alpha value is -2.17. The Morgan fingerprint density at radius 2 is 2.00 bits per heavy atom. The number of anilines is 3. The number of aromatic nitrogens is 2. The van der Waals surface area contributed by atoms with Gasteiger partial charge in [-0.05, 0) is 37.1 Å². The monoisotopic (exact) mass is 272 g/mol. The average molecular weight is 272 g/mol. The third kappa shape index (κ3) is 3.23. The van der Waals surface area contributed by atoms with Crippen LogP contribution in [0.2, 0.25) is 0 Å². The third-order valence-corrected chi connectivity index (χ3v) is 3.44. The van der Waals surface area contributed by atoms with Gasteiger partial charge in [0.05, 0.1) is 0 Å². The zero-order valence-electron chi connectivity index (χ0n) is 11.1. The summed E-state index contributed by atoms with van der Waals surface area (Å²) in [7, 11) is 0. The van der Waals surface area contributed by atoms with Crippen LogP contribution in [0.5, 0.6) is 0 Å². The summed E-state index contributed by atoms with van der Waals surface area (Å²) in [4.78, 5) is 8.56. The van der Waals surface area contributed by atoms with Crippen LogP contribution in [0.15, 0.2) is 36.5 Å². The molecule has 2 aromatic rings. The molecule has 20 heavy (non-hydrogen) atoms. The molecule has 1 heterocycles. The second kappa shape index (κ2) is 5.86. The Kier molecular flexibility index (Phi) is 3.76. The summed E-state index contributed by atoms with van der Waals surface area (Å²) in [5.74, 6) is 1.000. The molecule has 0 bridgehead atoms.